The third-order valence-electron chi connectivity index (χ3n) is 3.25. The molecular formula is C13H25BrO. The Kier molecular flexibility index (Phi) is 8.69. The molecule has 0 atom stereocenters. The molecule has 0 aromatic heterocycles. The SMILES string of the molecule is BrCCCCCCOCC1CCCCC1. The van der Waals surface area contributed by atoms with Crippen molar-refractivity contribution in [1.82, 2.24) is 0 Å². The molecule has 15 heavy (non-hydrogen) atoms. The molecule has 1 fully saturated rings. The van der Waals surface area contributed by atoms with Crippen LogP contribution in [-0.2, 0) is 4.74 Å². The zero-order valence-corrected chi connectivity index (χ0v) is 11.4. The molecule has 0 aliphatic heterocycles. The van der Waals surface area contributed by atoms with Gasteiger partial charge in [0.1, 0.15) is 0 Å². The summed E-state index contributed by atoms with van der Waals surface area (Å²) in [4.78, 5) is 0. The van der Waals surface area contributed by atoms with Gasteiger partial charge in [0.25, 0.3) is 0 Å². The van der Waals surface area contributed by atoms with Crippen LogP contribution < -0.4 is 0 Å². The molecule has 0 heterocycles. The number of hydrogen-bond acceptors (Lipinski definition) is 1. The Morgan fingerprint density at radius 2 is 1.67 bits per heavy atom. The third-order valence-corrected chi connectivity index (χ3v) is 3.81. The first kappa shape index (κ1) is 13.5. The van der Waals surface area contributed by atoms with Crippen LogP contribution in [0.2, 0.25) is 0 Å². The summed E-state index contributed by atoms with van der Waals surface area (Å²) in [7, 11) is 0. The van der Waals surface area contributed by atoms with Crippen LogP contribution in [0.25, 0.3) is 0 Å². The van der Waals surface area contributed by atoms with Gasteiger partial charge in [-0.3, -0.25) is 0 Å². The lowest BCUT2D eigenvalue weighted by molar-refractivity contribution is 0.0825. The molecule has 0 radical (unpaired) electrons. The van der Waals surface area contributed by atoms with E-state index in [9.17, 15) is 0 Å². The van der Waals surface area contributed by atoms with Crippen LogP contribution in [0.4, 0.5) is 0 Å². The van der Waals surface area contributed by atoms with Crippen LogP contribution in [-0.4, -0.2) is 18.5 Å². The maximum absolute atomic E-state index is 5.74. The fourth-order valence-corrected chi connectivity index (χ4v) is 2.65. The van der Waals surface area contributed by atoms with E-state index in [0.29, 0.717) is 0 Å². The van der Waals surface area contributed by atoms with Crippen LogP contribution >= 0.6 is 15.9 Å². The van der Waals surface area contributed by atoms with Crippen molar-refractivity contribution in [1.29, 1.82) is 0 Å². The number of ether oxygens (including phenoxy) is 1. The molecule has 0 aromatic rings. The van der Waals surface area contributed by atoms with E-state index in [4.69, 9.17) is 4.74 Å². The van der Waals surface area contributed by atoms with Gasteiger partial charge in [-0.1, -0.05) is 48.0 Å². The van der Waals surface area contributed by atoms with Crippen LogP contribution in [0.15, 0.2) is 0 Å². The van der Waals surface area contributed by atoms with Gasteiger partial charge in [0, 0.05) is 18.5 Å². The van der Waals surface area contributed by atoms with Crippen molar-refractivity contribution < 1.29 is 4.74 Å². The summed E-state index contributed by atoms with van der Waals surface area (Å²) in [6.45, 7) is 2.01. The standard InChI is InChI=1S/C13H25BrO/c14-10-6-1-2-7-11-15-12-13-8-4-3-5-9-13/h13H,1-12H2. The van der Waals surface area contributed by atoms with E-state index < -0.39 is 0 Å². The van der Waals surface area contributed by atoms with Gasteiger partial charge in [0.2, 0.25) is 0 Å². The number of rotatable bonds is 8. The Bertz CT molecular complexity index is 132. The zero-order chi connectivity index (χ0) is 10.8. The third kappa shape index (κ3) is 7.35. The minimum Gasteiger partial charge on any atom is -0.381 e. The van der Waals surface area contributed by atoms with Crippen molar-refractivity contribution in [2.75, 3.05) is 18.5 Å². The van der Waals surface area contributed by atoms with Crippen LogP contribution in [0, 0.1) is 5.92 Å². The molecule has 1 aliphatic carbocycles. The molecule has 0 unspecified atom stereocenters. The Hall–Kier alpha value is 0.440. The molecule has 0 saturated heterocycles. The molecule has 1 saturated carbocycles. The van der Waals surface area contributed by atoms with E-state index in [-0.39, 0.29) is 0 Å². The Morgan fingerprint density at radius 1 is 0.933 bits per heavy atom. The Balaban J connectivity index is 1.79. The van der Waals surface area contributed by atoms with E-state index in [1.807, 2.05) is 0 Å². The van der Waals surface area contributed by atoms with E-state index >= 15 is 0 Å². The first-order chi connectivity index (χ1) is 7.43. The minimum atomic E-state index is 0.876. The van der Waals surface area contributed by atoms with E-state index in [2.05, 4.69) is 15.9 Å². The summed E-state index contributed by atoms with van der Waals surface area (Å²) in [6.07, 6.45) is 12.4. The monoisotopic (exact) mass is 276 g/mol. The van der Waals surface area contributed by atoms with Gasteiger partial charge in [-0.25, -0.2) is 0 Å². The van der Waals surface area contributed by atoms with Crippen LogP contribution in [0.5, 0.6) is 0 Å². The zero-order valence-electron chi connectivity index (χ0n) is 9.85. The topological polar surface area (TPSA) is 9.23 Å². The highest BCUT2D eigenvalue weighted by molar-refractivity contribution is 9.09. The van der Waals surface area contributed by atoms with Crippen molar-refractivity contribution >= 4 is 15.9 Å². The Labute approximate surface area is 103 Å². The van der Waals surface area contributed by atoms with Crippen molar-refractivity contribution in [2.45, 2.75) is 57.8 Å². The molecule has 2 heteroatoms. The normalized spacial score (nSPS) is 18.2. The predicted molar refractivity (Wildman–Crippen MR) is 69.7 cm³/mol. The maximum Gasteiger partial charge on any atom is 0.0494 e. The van der Waals surface area contributed by atoms with Crippen molar-refractivity contribution in [3.63, 3.8) is 0 Å². The lowest BCUT2D eigenvalue weighted by atomic mass is 9.90. The second kappa shape index (κ2) is 9.65. The van der Waals surface area contributed by atoms with Gasteiger partial charge in [-0.2, -0.15) is 0 Å². The second-order valence-electron chi connectivity index (χ2n) is 4.68. The molecular weight excluding hydrogens is 252 g/mol. The number of hydrogen-bond donors (Lipinski definition) is 0. The highest BCUT2D eigenvalue weighted by Gasteiger charge is 2.12. The number of unbranched alkanes of at least 4 members (excludes halogenated alkanes) is 3. The van der Waals surface area contributed by atoms with E-state index in [0.717, 1.165) is 24.5 Å². The lowest BCUT2D eigenvalue weighted by Crippen LogP contribution is -2.13. The fourth-order valence-electron chi connectivity index (χ4n) is 2.26. The second-order valence-corrected chi connectivity index (χ2v) is 5.48. The predicted octanol–water partition coefficient (Wildman–Crippen LogP) is 4.54. The summed E-state index contributed by atoms with van der Waals surface area (Å²) in [6, 6.07) is 0. The number of halogens is 1. The van der Waals surface area contributed by atoms with Crippen molar-refractivity contribution in [2.24, 2.45) is 5.92 Å². The minimum absolute atomic E-state index is 0.876. The summed E-state index contributed by atoms with van der Waals surface area (Å²) < 4.78 is 5.74. The summed E-state index contributed by atoms with van der Waals surface area (Å²) in [5.74, 6) is 0.876. The molecule has 0 N–H and O–H groups in total. The van der Waals surface area contributed by atoms with E-state index in [1.54, 1.807) is 0 Å². The molecule has 1 aliphatic rings. The highest BCUT2D eigenvalue weighted by Crippen LogP contribution is 2.23. The van der Waals surface area contributed by atoms with Gasteiger partial charge < -0.3 is 4.74 Å². The molecule has 0 aromatic carbocycles. The van der Waals surface area contributed by atoms with Gasteiger partial charge in [-0.05, 0) is 31.6 Å². The quantitative estimate of drug-likeness (QED) is 0.467. The summed E-state index contributed by atoms with van der Waals surface area (Å²) in [5, 5.41) is 1.15. The first-order valence-corrected chi connectivity index (χ1v) is 7.69. The average Bonchev–Trinajstić information content (AvgIpc) is 2.29. The lowest BCUT2D eigenvalue weighted by Gasteiger charge is -2.21. The van der Waals surface area contributed by atoms with Crippen LogP contribution in [0.1, 0.15) is 57.8 Å². The molecule has 1 rings (SSSR count). The highest BCUT2D eigenvalue weighted by atomic mass is 79.9. The molecule has 0 spiro atoms. The van der Waals surface area contributed by atoms with E-state index in [1.165, 1.54) is 57.8 Å². The largest absolute Gasteiger partial charge is 0.381 e. The van der Waals surface area contributed by atoms with Crippen molar-refractivity contribution in [3.8, 4) is 0 Å². The van der Waals surface area contributed by atoms with Gasteiger partial charge in [-0.15, -0.1) is 0 Å². The molecule has 0 amide bonds. The maximum atomic E-state index is 5.74. The molecule has 1 nitrogen and oxygen atoms in total. The molecule has 90 valence electrons. The summed E-state index contributed by atoms with van der Waals surface area (Å²) >= 11 is 3.45. The van der Waals surface area contributed by atoms with Gasteiger partial charge in [0.15, 0.2) is 0 Å². The first-order valence-electron chi connectivity index (χ1n) is 6.57. The number of alkyl halides is 1. The van der Waals surface area contributed by atoms with Gasteiger partial charge >= 0.3 is 0 Å². The van der Waals surface area contributed by atoms with Crippen LogP contribution in [0.3, 0.4) is 0 Å². The summed E-state index contributed by atoms with van der Waals surface area (Å²) in [5.41, 5.74) is 0. The molecule has 0 bridgehead atoms. The average molecular weight is 277 g/mol. The fraction of sp³-hybridized carbons (Fsp3) is 1.00. The Morgan fingerprint density at radius 3 is 2.40 bits per heavy atom. The van der Waals surface area contributed by atoms with Crippen molar-refractivity contribution in [3.05, 3.63) is 0 Å². The van der Waals surface area contributed by atoms with Gasteiger partial charge in [0.05, 0.1) is 0 Å². The smallest absolute Gasteiger partial charge is 0.0494 e.